The molecule has 0 saturated heterocycles. The highest BCUT2D eigenvalue weighted by atomic mass is 32.1. The van der Waals surface area contributed by atoms with Crippen molar-refractivity contribution < 1.29 is 0 Å². The van der Waals surface area contributed by atoms with Gasteiger partial charge in [0.15, 0.2) is 5.82 Å². The van der Waals surface area contributed by atoms with Gasteiger partial charge in [0.1, 0.15) is 0 Å². The van der Waals surface area contributed by atoms with Crippen molar-refractivity contribution >= 4 is 70.2 Å². The van der Waals surface area contributed by atoms with E-state index < -0.39 is 0 Å². The Morgan fingerprint density at radius 3 is 1.78 bits per heavy atom. The van der Waals surface area contributed by atoms with Crippen molar-refractivity contribution in [2.24, 2.45) is 0 Å². The summed E-state index contributed by atoms with van der Waals surface area (Å²) in [6.45, 7) is 0. The third-order valence-electron chi connectivity index (χ3n) is 8.92. The Morgan fingerprint density at radius 2 is 1.00 bits per heavy atom. The van der Waals surface area contributed by atoms with Crippen LogP contribution in [-0.2, 0) is 0 Å². The number of hydrogen-bond acceptors (Lipinski definition) is 3. The van der Waals surface area contributed by atoms with E-state index in [0.717, 1.165) is 17.2 Å². The molecular weight excluding hydrogens is 577 g/mol. The standard InChI is InChI=1S/C43H28N2S/c1-2-8-29(9-3-1)30-16-21-35(22-17-30)45(43-42-40(26-27-44-43)39-12-6-7-13-41(39)46-42)36-23-18-31(19-24-36)33-20-25-38-34(28-33)15-14-32-10-4-5-11-37(32)38/h1-28H. The van der Waals surface area contributed by atoms with E-state index in [-0.39, 0.29) is 0 Å². The molecule has 0 aliphatic heterocycles. The molecule has 7 aromatic carbocycles. The molecule has 46 heavy (non-hydrogen) atoms. The molecule has 2 aromatic heterocycles. The number of benzene rings is 7. The molecule has 0 fully saturated rings. The number of fused-ring (bicyclic) bond motifs is 6. The second kappa shape index (κ2) is 11.0. The zero-order valence-corrected chi connectivity index (χ0v) is 25.8. The predicted octanol–water partition coefficient (Wildman–Crippen LogP) is 12.6. The lowest BCUT2D eigenvalue weighted by Gasteiger charge is -2.25. The average molecular weight is 605 g/mol. The molecule has 0 radical (unpaired) electrons. The van der Waals surface area contributed by atoms with Crippen LogP contribution in [0.5, 0.6) is 0 Å². The number of hydrogen-bond donors (Lipinski definition) is 0. The van der Waals surface area contributed by atoms with Gasteiger partial charge < -0.3 is 0 Å². The Morgan fingerprint density at radius 1 is 0.413 bits per heavy atom. The van der Waals surface area contributed by atoms with Crippen LogP contribution in [0.2, 0.25) is 0 Å². The summed E-state index contributed by atoms with van der Waals surface area (Å²) >= 11 is 1.80. The number of thiophene rings is 1. The highest BCUT2D eigenvalue weighted by Gasteiger charge is 2.19. The van der Waals surface area contributed by atoms with E-state index in [4.69, 9.17) is 4.98 Å². The van der Waals surface area contributed by atoms with Gasteiger partial charge in [-0.3, -0.25) is 4.90 Å². The fraction of sp³-hybridized carbons (Fsp3) is 0. The van der Waals surface area contributed by atoms with Gasteiger partial charge in [-0.05, 0) is 86.3 Å². The van der Waals surface area contributed by atoms with Crippen molar-refractivity contribution in [2.45, 2.75) is 0 Å². The van der Waals surface area contributed by atoms with Gasteiger partial charge in [-0.25, -0.2) is 4.98 Å². The van der Waals surface area contributed by atoms with Gasteiger partial charge in [0.25, 0.3) is 0 Å². The van der Waals surface area contributed by atoms with Gasteiger partial charge in [0.2, 0.25) is 0 Å². The molecular formula is C43H28N2S. The van der Waals surface area contributed by atoms with E-state index in [1.165, 1.54) is 64.0 Å². The Labute approximate surface area is 271 Å². The van der Waals surface area contributed by atoms with Gasteiger partial charge in [0, 0.05) is 33.0 Å². The zero-order chi connectivity index (χ0) is 30.5. The number of aromatic nitrogens is 1. The first-order valence-electron chi connectivity index (χ1n) is 15.5. The largest absolute Gasteiger partial charge is 0.294 e. The minimum Gasteiger partial charge on any atom is -0.294 e. The smallest absolute Gasteiger partial charge is 0.155 e. The normalized spacial score (nSPS) is 11.5. The summed E-state index contributed by atoms with van der Waals surface area (Å²) in [5.74, 6) is 0.941. The SMILES string of the molecule is c1ccc(-c2ccc(N(c3ccc(-c4ccc5c(ccc6ccccc65)c4)cc3)c3nccc4c3sc3ccccc34)cc2)cc1. The molecule has 2 nitrogen and oxygen atoms in total. The van der Waals surface area contributed by atoms with Crippen molar-refractivity contribution in [3.05, 3.63) is 170 Å². The lowest BCUT2D eigenvalue weighted by Crippen LogP contribution is -2.11. The van der Waals surface area contributed by atoms with Gasteiger partial charge in [-0.15, -0.1) is 11.3 Å². The maximum absolute atomic E-state index is 5.01. The molecule has 0 aliphatic rings. The summed E-state index contributed by atoms with van der Waals surface area (Å²) in [4.78, 5) is 7.31. The minimum absolute atomic E-state index is 0.941. The highest BCUT2D eigenvalue weighted by molar-refractivity contribution is 7.26. The topological polar surface area (TPSA) is 16.1 Å². The maximum atomic E-state index is 5.01. The number of pyridine rings is 1. The number of anilines is 3. The molecule has 0 aliphatic carbocycles. The Balaban J connectivity index is 1.16. The first kappa shape index (κ1) is 26.6. The van der Waals surface area contributed by atoms with Crippen LogP contribution in [-0.4, -0.2) is 4.98 Å². The average Bonchev–Trinajstić information content (AvgIpc) is 3.52. The molecule has 9 rings (SSSR count). The van der Waals surface area contributed by atoms with Crippen LogP contribution < -0.4 is 4.90 Å². The fourth-order valence-electron chi connectivity index (χ4n) is 6.62. The van der Waals surface area contributed by atoms with Crippen LogP contribution in [0.25, 0.3) is 64.0 Å². The summed E-state index contributed by atoms with van der Waals surface area (Å²) in [5.41, 5.74) is 6.93. The summed E-state index contributed by atoms with van der Waals surface area (Å²) in [6.07, 6.45) is 1.94. The lowest BCUT2D eigenvalue weighted by atomic mass is 9.97. The number of nitrogens with zero attached hydrogens (tertiary/aromatic N) is 2. The maximum Gasteiger partial charge on any atom is 0.155 e. The van der Waals surface area contributed by atoms with Gasteiger partial charge >= 0.3 is 0 Å². The molecule has 0 bridgehead atoms. The molecule has 9 aromatic rings. The third-order valence-corrected chi connectivity index (χ3v) is 10.1. The van der Waals surface area contributed by atoms with Crippen molar-refractivity contribution in [3.8, 4) is 22.3 Å². The Bertz CT molecular complexity index is 2510. The quantitative estimate of drug-likeness (QED) is 0.182. The Hall–Kier alpha value is -5.77. The molecule has 216 valence electrons. The van der Waals surface area contributed by atoms with Crippen LogP contribution in [0.4, 0.5) is 17.2 Å². The van der Waals surface area contributed by atoms with Crippen molar-refractivity contribution in [3.63, 3.8) is 0 Å². The monoisotopic (exact) mass is 604 g/mol. The summed E-state index contributed by atoms with van der Waals surface area (Å²) in [5, 5.41) is 7.60. The van der Waals surface area contributed by atoms with Crippen LogP contribution in [0.15, 0.2) is 170 Å². The first-order valence-corrected chi connectivity index (χ1v) is 16.4. The molecule has 0 atom stereocenters. The molecule has 2 heterocycles. The van der Waals surface area contributed by atoms with E-state index in [1.807, 2.05) is 6.20 Å². The van der Waals surface area contributed by atoms with E-state index in [1.54, 1.807) is 11.3 Å². The fourth-order valence-corrected chi connectivity index (χ4v) is 7.80. The van der Waals surface area contributed by atoms with Gasteiger partial charge in [0.05, 0.1) is 4.70 Å². The summed E-state index contributed by atoms with van der Waals surface area (Å²) in [6, 6.07) is 58.9. The second-order valence-electron chi connectivity index (χ2n) is 11.6. The van der Waals surface area contributed by atoms with E-state index in [9.17, 15) is 0 Å². The van der Waals surface area contributed by atoms with Crippen LogP contribution in [0.3, 0.4) is 0 Å². The van der Waals surface area contributed by atoms with Crippen LogP contribution in [0.1, 0.15) is 0 Å². The van der Waals surface area contributed by atoms with Crippen LogP contribution in [0, 0.1) is 0 Å². The molecule has 0 unspecified atom stereocenters. The van der Waals surface area contributed by atoms with Gasteiger partial charge in [-0.1, -0.05) is 121 Å². The lowest BCUT2D eigenvalue weighted by molar-refractivity contribution is 1.20. The Kier molecular flexibility index (Phi) is 6.36. The van der Waals surface area contributed by atoms with Crippen molar-refractivity contribution in [1.29, 1.82) is 0 Å². The summed E-state index contributed by atoms with van der Waals surface area (Å²) < 4.78 is 2.45. The van der Waals surface area contributed by atoms with Gasteiger partial charge in [-0.2, -0.15) is 0 Å². The molecule has 0 amide bonds. The highest BCUT2D eigenvalue weighted by Crippen LogP contribution is 2.44. The molecule has 3 heteroatoms. The van der Waals surface area contributed by atoms with E-state index in [0.29, 0.717) is 0 Å². The zero-order valence-electron chi connectivity index (χ0n) is 25.0. The molecule has 0 N–H and O–H groups in total. The van der Waals surface area contributed by atoms with E-state index in [2.05, 4.69) is 169 Å². The molecule has 0 spiro atoms. The first-order chi connectivity index (χ1) is 22.8. The second-order valence-corrected chi connectivity index (χ2v) is 12.7. The predicted molar refractivity (Wildman–Crippen MR) is 198 cm³/mol. The van der Waals surface area contributed by atoms with Crippen LogP contribution >= 0.6 is 11.3 Å². The minimum atomic E-state index is 0.941. The van der Waals surface area contributed by atoms with Crippen molar-refractivity contribution in [2.75, 3.05) is 4.90 Å². The van der Waals surface area contributed by atoms with E-state index >= 15 is 0 Å². The number of rotatable bonds is 5. The van der Waals surface area contributed by atoms with Crippen molar-refractivity contribution in [1.82, 2.24) is 4.98 Å². The summed E-state index contributed by atoms with van der Waals surface area (Å²) in [7, 11) is 0. The molecule has 0 saturated carbocycles. The third kappa shape index (κ3) is 4.52.